The van der Waals surface area contributed by atoms with Gasteiger partial charge >= 0.3 is 0 Å². The van der Waals surface area contributed by atoms with Gasteiger partial charge in [-0.15, -0.1) is 0 Å². The van der Waals surface area contributed by atoms with E-state index < -0.39 is 0 Å². The SMILES string of the molecule is CCCc1c(-c2cccc3c2N[C@H](C)CC(=O)C3)n(C)c2ccccc12. The van der Waals surface area contributed by atoms with Crippen LogP contribution in [0.1, 0.15) is 37.8 Å². The van der Waals surface area contributed by atoms with Crippen LogP contribution in [0.15, 0.2) is 42.5 Å². The minimum Gasteiger partial charge on any atom is -0.381 e. The van der Waals surface area contributed by atoms with Gasteiger partial charge in [-0.1, -0.05) is 49.7 Å². The number of anilines is 1. The van der Waals surface area contributed by atoms with Crippen molar-refractivity contribution in [1.82, 2.24) is 4.57 Å². The Hall–Kier alpha value is -2.55. The monoisotopic (exact) mass is 346 g/mol. The molecule has 1 atom stereocenters. The van der Waals surface area contributed by atoms with Gasteiger partial charge in [0.1, 0.15) is 5.78 Å². The lowest BCUT2D eigenvalue weighted by molar-refractivity contribution is -0.118. The zero-order valence-electron chi connectivity index (χ0n) is 15.8. The van der Waals surface area contributed by atoms with E-state index in [0.717, 1.165) is 24.1 Å². The first-order valence-corrected chi connectivity index (χ1v) is 9.57. The highest BCUT2D eigenvalue weighted by Gasteiger charge is 2.24. The Bertz CT molecular complexity index is 983. The van der Waals surface area contributed by atoms with Crippen molar-refractivity contribution in [3.8, 4) is 11.3 Å². The van der Waals surface area contributed by atoms with Crippen LogP contribution in [0.25, 0.3) is 22.2 Å². The predicted molar refractivity (Wildman–Crippen MR) is 109 cm³/mol. The highest BCUT2D eigenvalue weighted by Crippen LogP contribution is 2.40. The fraction of sp³-hybridized carbons (Fsp3) is 0.348. The smallest absolute Gasteiger partial charge is 0.139 e. The lowest BCUT2D eigenvalue weighted by Crippen LogP contribution is -2.17. The van der Waals surface area contributed by atoms with Crippen LogP contribution < -0.4 is 5.32 Å². The molecule has 0 spiro atoms. The standard InChI is InChI=1S/C23H26N2O/c1-4-8-19-18-10-5-6-12-21(18)25(3)23(19)20-11-7-9-16-14-17(26)13-15(2)24-22(16)20/h5-7,9-12,15,24H,4,8,13-14H2,1-3H3/t15-/m1/s1. The van der Waals surface area contributed by atoms with Crippen molar-refractivity contribution in [2.24, 2.45) is 7.05 Å². The number of ketones is 1. The van der Waals surface area contributed by atoms with Crippen molar-refractivity contribution in [3.63, 3.8) is 0 Å². The van der Waals surface area contributed by atoms with Crippen molar-refractivity contribution in [2.75, 3.05) is 5.32 Å². The van der Waals surface area contributed by atoms with Crippen LogP contribution in [0.3, 0.4) is 0 Å². The number of nitrogens with zero attached hydrogens (tertiary/aromatic N) is 1. The lowest BCUT2D eigenvalue weighted by atomic mass is 9.97. The molecule has 0 radical (unpaired) electrons. The number of carbonyl (C=O) groups is 1. The van der Waals surface area contributed by atoms with Crippen LogP contribution in [0.4, 0.5) is 5.69 Å². The molecule has 1 aromatic heterocycles. The van der Waals surface area contributed by atoms with E-state index in [0.29, 0.717) is 18.6 Å². The molecule has 3 aromatic rings. The quantitative estimate of drug-likeness (QED) is 0.715. The second-order valence-corrected chi connectivity index (χ2v) is 7.46. The molecule has 0 bridgehead atoms. The van der Waals surface area contributed by atoms with Gasteiger partial charge in [0.15, 0.2) is 0 Å². The van der Waals surface area contributed by atoms with Gasteiger partial charge in [0.25, 0.3) is 0 Å². The molecule has 2 aromatic carbocycles. The number of benzene rings is 2. The molecule has 0 unspecified atom stereocenters. The van der Waals surface area contributed by atoms with Crippen molar-refractivity contribution in [1.29, 1.82) is 0 Å². The summed E-state index contributed by atoms with van der Waals surface area (Å²) < 4.78 is 2.31. The maximum absolute atomic E-state index is 12.2. The first-order chi connectivity index (χ1) is 12.6. The Kier molecular flexibility index (Phi) is 4.31. The highest BCUT2D eigenvalue weighted by molar-refractivity contribution is 5.96. The lowest BCUT2D eigenvalue weighted by Gasteiger charge is -2.19. The molecular formula is C23H26N2O. The fourth-order valence-corrected chi connectivity index (χ4v) is 4.36. The molecule has 26 heavy (non-hydrogen) atoms. The number of hydrogen-bond acceptors (Lipinski definition) is 2. The fourth-order valence-electron chi connectivity index (χ4n) is 4.36. The Morgan fingerprint density at radius 1 is 1.15 bits per heavy atom. The molecule has 0 amide bonds. The third-order valence-corrected chi connectivity index (χ3v) is 5.43. The van der Waals surface area contributed by atoms with E-state index in [2.05, 4.69) is 73.2 Å². The third kappa shape index (κ3) is 2.72. The molecule has 3 heteroatoms. The molecule has 3 nitrogen and oxygen atoms in total. The molecule has 1 aliphatic heterocycles. The summed E-state index contributed by atoms with van der Waals surface area (Å²) >= 11 is 0. The summed E-state index contributed by atoms with van der Waals surface area (Å²) in [5.41, 5.74) is 7.41. The number of hydrogen-bond donors (Lipinski definition) is 1. The maximum atomic E-state index is 12.2. The molecule has 0 fully saturated rings. The van der Waals surface area contributed by atoms with E-state index in [9.17, 15) is 4.79 Å². The number of aryl methyl sites for hydroxylation is 2. The zero-order chi connectivity index (χ0) is 18.3. The van der Waals surface area contributed by atoms with Crippen LogP contribution in [0, 0.1) is 0 Å². The van der Waals surface area contributed by atoms with Gasteiger partial charge < -0.3 is 9.88 Å². The zero-order valence-corrected chi connectivity index (χ0v) is 15.8. The predicted octanol–water partition coefficient (Wildman–Crippen LogP) is 5.11. The van der Waals surface area contributed by atoms with Gasteiger partial charge in [0, 0.05) is 48.1 Å². The summed E-state index contributed by atoms with van der Waals surface area (Å²) in [6.07, 6.45) is 3.27. The highest BCUT2D eigenvalue weighted by atomic mass is 16.1. The topological polar surface area (TPSA) is 34.0 Å². The molecule has 0 saturated carbocycles. The molecular weight excluding hydrogens is 320 g/mol. The van der Waals surface area contributed by atoms with Crippen molar-refractivity contribution < 1.29 is 4.79 Å². The molecule has 2 heterocycles. The molecule has 4 rings (SSSR count). The number of para-hydroxylation sites is 2. The number of carbonyl (C=O) groups excluding carboxylic acids is 1. The van der Waals surface area contributed by atoms with Crippen LogP contribution in [0.5, 0.6) is 0 Å². The normalized spacial score (nSPS) is 17.0. The van der Waals surface area contributed by atoms with Gasteiger partial charge in [0.2, 0.25) is 0 Å². The average molecular weight is 346 g/mol. The van der Waals surface area contributed by atoms with Gasteiger partial charge in [0.05, 0.1) is 5.69 Å². The average Bonchev–Trinajstić information content (AvgIpc) is 2.79. The summed E-state index contributed by atoms with van der Waals surface area (Å²) in [7, 11) is 2.15. The van der Waals surface area contributed by atoms with E-state index in [1.807, 2.05) is 0 Å². The van der Waals surface area contributed by atoms with Crippen molar-refractivity contribution in [3.05, 3.63) is 53.6 Å². The first-order valence-electron chi connectivity index (χ1n) is 9.57. The number of fused-ring (bicyclic) bond motifs is 2. The Labute approximate surface area is 155 Å². The molecule has 1 aliphatic rings. The minimum atomic E-state index is 0.161. The summed E-state index contributed by atoms with van der Waals surface area (Å²) in [5.74, 6) is 0.312. The summed E-state index contributed by atoms with van der Waals surface area (Å²) in [4.78, 5) is 12.2. The van der Waals surface area contributed by atoms with Gasteiger partial charge in [-0.3, -0.25) is 4.79 Å². The second-order valence-electron chi connectivity index (χ2n) is 7.46. The molecule has 1 N–H and O–H groups in total. The Morgan fingerprint density at radius 3 is 2.77 bits per heavy atom. The number of Topliss-reactive ketones (excluding diaryl/α,β-unsaturated/α-hetero) is 1. The van der Waals surface area contributed by atoms with E-state index in [1.165, 1.54) is 27.7 Å². The van der Waals surface area contributed by atoms with E-state index >= 15 is 0 Å². The van der Waals surface area contributed by atoms with Crippen molar-refractivity contribution >= 4 is 22.4 Å². The molecule has 0 saturated heterocycles. The second kappa shape index (κ2) is 6.64. The summed E-state index contributed by atoms with van der Waals surface area (Å²) in [5, 5.41) is 4.96. The van der Waals surface area contributed by atoms with Crippen LogP contribution >= 0.6 is 0 Å². The van der Waals surface area contributed by atoms with E-state index in [4.69, 9.17) is 0 Å². The number of aromatic nitrogens is 1. The van der Waals surface area contributed by atoms with Crippen LogP contribution in [0.2, 0.25) is 0 Å². The largest absolute Gasteiger partial charge is 0.381 e. The molecule has 134 valence electrons. The summed E-state index contributed by atoms with van der Waals surface area (Å²) in [6, 6.07) is 15.2. The van der Waals surface area contributed by atoms with Crippen molar-refractivity contribution in [2.45, 2.75) is 45.6 Å². The summed E-state index contributed by atoms with van der Waals surface area (Å²) in [6.45, 7) is 4.33. The van der Waals surface area contributed by atoms with Gasteiger partial charge in [-0.05, 0) is 30.5 Å². The Morgan fingerprint density at radius 2 is 1.96 bits per heavy atom. The number of rotatable bonds is 3. The van der Waals surface area contributed by atoms with Crippen LogP contribution in [-0.4, -0.2) is 16.4 Å². The first kappa shape index (κ1) is 16.9. The maximum Gasteiger partial charge on any atom is 0.139 e. The van der Waals surface area contributed by atoms with E-state index in [-0.39, 0.29) is 6.04 Å². The molecule has 0 aliphatic carbocycles. The number of nitrogens with one attached hydrogen (secondary N) is 1. The van der Waals surface area contributed by atoms with Gasteiger partial charge in [-0.25, -0.2) is 0 Å². The third-order valence-electron chi connectivity index (χ3n) is 5.43. The van der Waals surface area contributed by atoms with E-state index in [1.54, 1.807) is 0 Å². The van der Waals surface area contributed by atoms with Crippen LogP contribution in [-0.2, 0) is 24.7 Å². The van der Waals surface area contributed by atoms with Gasteiger partial charge in [-0.2, -0.15) is 0 Å². The minimum absolute atomic E-state index is 0.161. The Balaban J connectivity index is 2.00.